The van der Waals surface area contributed by atoms with E-state index in [1.807, 2.05) is 39.9 Å². The molecule has 6 heteroatoms. The molecule has 0 bridgehead atoms. The van der Waals surface area contributed by atoms with Gasteiger partial charge in [-0.3, -0.25) is 0 Å². The minimum Gasteiger partial charge on any atom is -0.542 e. The van der Waals surface area contributed by atoms with Crippen molar-refractivity contribution >= 4 is 20.1 Å². The quantitative estimate of drug-likeness (QED) is 0.851. The first kappa shape index (κ1) is 15.0. The molecule has 0 aliphatic carbocycles. The third-order valence-corrected chi connectivity index (χ3v) is 3.53. The van der Waals surface area contributed by atoms with Gasteiger partial charge < -0.3 is 9.41 Å². The summed E-state index contributed by atoms with van der Waals surface area (Å²) in [5, 5.41) is 0. The van der Waals surface area contributed by atoms with Crippen LogP contribution in [0.2, 0.25) is 13.1 Å². The van der Waals surface area contributed by atoms with E-state index in [1.54, 1.807) is 6.07 Å². The standard InChI is InChI=1S/C14H19F2N2OSi/c1-14(2,3)10-9(19-20(4)5)7-6-8-11(10)18-13(17-8)12(15)16/h6-7,12H,1-5H3,(H,17,18). The van der Waals surface area contributed by atoms with Crippen molar-refractivity contribution in [3.63, 3.8) is 0 Å². The van der Waals surface area contributed by atoms with Crippen LogP contribution in [0.25, 0.3) is 11.0 Å². The summed E-state index contributed by atoms with van der Waals surface area (Å²) in [5.41, 5.74) is 1.84. The Labute approximate surface area is 119 Å². The predicted octanol–water partition coefficient (Wildman–Crippen LogP) is 4.43. The van der Waals surface area contributed by atoms with Crippen LogP contribution in [0.15, 0.2) is 12.1 Å². The average molecular weight is 297 g/mol. The second-order valence-corrected chi connectivity index (χ2v) is 8.04. The van der Waals surface area contributed by atoms with Gasteiger partial charge in [-0.2, -0.15) is 0 Å². The largest absolute Gasteiger partial charge is 0.542 e. The fraction of sp³-hybridized carbons (Fsp3) is 0.500. The third kappa shape index (κ3) is 2.84. The molecule has 0 spiro atoms. The minimum atomic E-state index is -2.60. The van der Waals surface area contributed by atoms with Crippen molar-refractivity contribution < 1.29 is 13.2 Å². The summed E-state index contributed by atoms with van der Waals surface area (Å²) in [6, 6.07) is 3.59. The van der Waals surface area contributed by atoms with E-state index >= 15 is 0 Å². The molecule has 0 saturated carbocycles. The maximum absolute atomic E-state index is 12.8. The number of rotatable bonds is 3. The van der Waals surface area contributed by atoms with Gasteiger partial charge in [0.05, 0.1) is 11.0 Å². The first-order valence-electron chi connectivity index (χ1n) is 6.49. The maximum Gasteiger partial charge on any atom is 0.295 e. The molecular formula is C14H19F2N2OSi. The zero-order valence-electron chi connectivity index (χ0n) is 12.3. The number of fused-ring (bicyclic) bond motifs is 1. The molecule has 0 saturated heterocycles. The molecule has 0 aliphatic heterocycles. The van der Waals surface area contributed by atoms with Crippen LogP contribution < -0.4 is 4.43 Å². The lowest BCUT2D eigenvalue weighted by Gasteiger charge is -2.24. The summed E-state index contributed by atoms with van der Waals surface area (Å²) < 4.78 is 31.6. The van der Waals surface area contributed by atoms with Gasteiger partial charge in [-0.15, -0.1) is 0 Å². The van der Waals surface area contributed by atoms with Crippen molar-refractivity contribution in [2.75, 3.05) is 0 Å². The van der Waals surface area contributed by atoms with E-state index < -0.39 is 15.5 Å². The highest BCUT2D eigenvalue weighted by Crippen LogP contribution is 2.37. The number of benzene rings is 1. The van der Waals surface area contributed by atoms with E-state index in [1.165, 1.54) is 0 Å². The van der Waals surface area contributed by atoms with Crippen molar-refractivity contribution in [1.29, 1.82) is 0 Å². The summed E-state index contributed by atoms with van der Waals surface area (Å²) in [4.78, 5) is 6.75. The lowest BCUT2D eigenvalue weighted by molar-refractivity contribution is 0.142. The maximum atomic E-state index is 12.8. The zero-order chi connectivity index (χ0) is 15.1. The van der Waals surface area contributed by atoms with E-state index in [2.05, 4.69) is 9.97 Å². The number of halogens is 2. The second-order valence-electron chi connectivity index (χ2n) is 6.02. The fourth-order valence-electron chi connectivity index (χ4n) is 2.21. The topological polar surface area (TPSA) is 37.9 Å². The Morgan fingerprint density at radius 1 is 1.25 bits per heavy atom. The van der Waals surface area contributed by atoms with Gasteiger partial charge >= 0.3 is 0 Å². The van der Waals surface area contributed by atoms with Gasteiger partial charge in [0.15, 0.2) is 5.82 Å². The molecule has 2 aromatic rings. The van der Waals surface area contributed by atoms with Gasteiger partial charge in [0.1, 0.15) is 5.75 Å². The van der Waals surface area contributed by atoms with Crippen LogP contribution in [-0.4, -0.2) is 19.0 Å². The minimum absolute atomic E-state index is 0.235. The molecule has 1 N–H and O–H groups in total. The Bertz CT molecular complexity index is 617. The number of hydrogen-bond donors (Lipinski definition) is 1. The lowest BCUT2D eigenvalue weighted by atomic mass is 9.85. The number of nitrogens with zero attached hydrogens (tertiary/aromatic N) is 1. The zero-order valence-corrected chi connectivity index (χ0v) is 13.3. The number of aromatic nitrogens is 2. The Morgan fingerprint density at radius 2 is 1.90 bits per heavy atom. The highest BCUT2D eigenvalue weighted by atomic mass is 28.3. The third-order valence-electron chi connectivity index (χ3n) is 2.91. The molecule has 0 amide bonds. The Balaban J connectivity index is 2.69. The van der Waals surface area contributed by atoms with Crippen LogP contribution in [-0.2, 0) is 5.41 Å². The molecule has 1 radical (unpaired) electrons. The fourth-order valence-corrected chi connectivity index (χ4v) is 2.82. The number of imidazole rings is 1. The van der Waals surface area contributed by atoms with Crippen molar-refractivity contribution in [3.8, 4) is 5.75 Å². The van der Waals surface area contributed by atoms with E-state index in [-0.39, 0.29) is 11.2 Å². The number of H-pyrrole nitrogens is 1. The molecule has 0 aliphatic rings. The van der Waals surface area contributed by atoms with Crippen molar-refractivity contribution in [2.45, 2.75) is 45.7 Å². The molecule has 2 rings (SSSR count). The van der Waals surface area contributed by atoms with Gasteiger partial charge in [-0.1, -0.05) is 20.8 Å². The molecule has 1 aromatic carbocycles. The normalized spacial score (nSPS) is 12.7. The van der Waals surface area contributed by atoms with Crippen LogP contribution in [0.1, 0.15) is 38.6 Å². The van der Waals surface area contributed by atoms with Crippen LogP contribution in [0.3, 0.4) is 0 Å². The molecule has 1 heterocycles. The average Bonchev–Trinajstić information content (AvgIpc) is 2.69. The van der Waals surface area contributed by atoms with E-state index in [4.69, 9.17) is 4.43 Å². The second kappa shape index (κ2) is 5.16. The summed E-state index contributed by atoms with van der Waals surface area (Å²) >= 11 is 0. The van der Waals surface area contributed by atoms with Gasteiger partial charge in [0.25, 0.3) is 15.5 Å². The summed E-state index contributed by atoms with van der Waals surface area (Å²) in [6.45, 7) is 10.2. The predicted molar refractivity (Wildman–Crippen MR) is 77.9 cm³/mol. The molecular weight excluding hydrogens is 278 g/mol. The molecule has 3 nitrogen and oxygen atoms in total. The smallest absolute Gasteiger partial charge is 0.295 e. The van der Waals surface area contributed by atoms with Gasteiger partial charge in [0, 0.05) is 5.56 Å². The van der Waals surface area contributed by atoms with Crippen LogP contribution >= 0.6 is 0 Å². The lowest BCUT2D eigenvalue weighted by Crippen LogP contribution is -2.18. The summed E-state index contributed by atoms with van der Waals surface area (Å²) in [5.74, 6) is 0.456. The van der Waals surface area contributed by atoms with Crippen molar-refractivity contribution in [3.05, 3.63) is 23.5 Å². The number of nitrogens with one attached hydrogen (secondary N) is 1. The first-order valence-corrected chi connectivity index (χ1v) is 8.90. The monoisotopic (exact) mass is 297 g/mol. The SMILES string of the molecule is C[Si](C)Oc1ccc2[nH]c(C(F)F)nc2c1C(C)(C)C. The Morgan fingerprint density at radius 3 is 2.40 bits per heavy atom. The first-order chi connectivity index (χ1) is 9.20. The highest BCUT2D eigenvalue weighted by Gasteiger charge is 2.26. The molecule has 0 unspecified atom stereocenters. The summed E-state index contributed by atoms with van der Waals surface area (Å²) in [7, 11) is -0.932. The van der Waals surface area contributed by atoms with E-state index in [0.717, 1.165) is 11.3 Å². The molecule has 0 fully saturated rings. The number of hydrogen-bond acceptors (Lipinski definition) is 2. The molecule has 109 valence electrons. The van der Waals surface area contributed by atoms with Crippen LogP contribution in [0.4, 0.5) is 8.78 Å². The van der Waals surface area contributed by atoms with Crippen molar-refractivity contribution in [1.82, 2.24) is 9.97 Å². The van der Waals surface area contributed by atoms with Gasteiger partial charge in [0.2, 0.25) is 0 Å². The van der Waals surface area contributed by atoms with Gasteiger partial charge in [-0.05, 0) is 30.6 Å². The van der Waals surface area contributed by atoms with Crippen molar-refractivity contribution in [2.24, 2.45) is 0 Å². The van der Waals surface area contributed by atoms with Crippen LogP contribution in [0.5, 0.6) is 5.75 Å². The van der Waals surface area contributed by atoms with E-state index in [9.17, 15) is 8.78 Å². The van der Waals surface area contributed by atoms with E-state index in [0.29, 0.717) is 11.0 Å². The summed E-state index contributed by atoms with van der Waals surface area (Å²) in [6.07, 6.45) is -2.60. The molecule has 1 aromatic heterocycles. The Kier molecular flexibility index (Phi) is 3.86. The Hall–Kier alpha value is -1.43. The number of aromatic amines is 1. The highest BCUT2D eigenvalue weighted by molar-refractivity contribution is 6.49. The van der Waals surface area contributed by atoms with Crippen LogP contribution in [0, 0.1) is 0 Å². The number of alkyl halides is 2. The molecule has 0 atom stereocenters. The molecule has 20 heavy (non-hydrogen) atoms. The van der Waals surface area contributed by atoms with Gasteiger partial charge in [-0.25, -0.2) is 13.8 Å².